The number of nitrogens with zero attached hydrogens (tertiary/aromatic N) is 1. The first kappa shape index (κ1) is 22.1. The van der Waals surface area contributed by atoms with Gasteiger partial charge in [0.25, 0.3) is 0 Å². The first-order valence-electron chi connectivity index (χ1n) is 9.62. The summed E-state index contributed by atoms with van der Waals surface area (Å²) in [5.41, 5.74) is 1.88. The van der Waals surface area contributed by atoms with Gasteiger partial charge in [-0.1, -0.05) is 31.2 Å². The van der Waals surface area contributed by atoms with Crippen LogP contribution < -0.4 is 14.2 Å². The van der Waals surface area contributed by atoms with Crippen LogP contribution in [0.2, 0.25) is 0 Å². The maximum atomic E-state index is 12.7. The summed E-state index contributed by atoms with van der Waals surface area (Å²) in [5.74, 6) is 2.04. The molecule has 2 aromatic carbocycles. The van der Waals surface area contributed by atoms with Gasteiger partial charge in [-0.3, -0.25) is 4.79 Å². The van der Waals surface area contributed by atoms with Crippen molar-refractivity contribution in [1.29, 1.82) is 0 Å². The van der Waals surface area contributed by atoms with Crippen molar-refractivity contribution < 1.29 is 19.0 Å². The fraction of sp³-hybridized carbons (Fsp3) is 0.292. The summed E-state index contributed by atoms with van der Waals surface area (Å²) >= 11 is 0. The van der Waals surface area contributed by atoms with E-state index in [0.29, 0.717) is 31.2 Å². The van der Waals surface area contributed by atoms with E-state index in [4.69, 9.17) is 14.2 Å². The monoisotopic (exact) mass is 395 g/mol. The molecule has 154 valence electrons. The Balaban J connectivity index is 2.09. The number of hydrogen-bond acceptors (Lipinski definition) is 4. The van der Waals surface area contributed by atoms with Gasteiger partial charge in [0.2, 0.25) is 5.91 Å². The SMILES string of the molecule is C=CCN(Cc1ccc(OC)cc1)C(=O)/C=C/c1ccc(OCCC)c(OC)c1. The molecule has 0 heterocycles. The molecule has 0 spiro atoms. The highest BCUT2D eigenvalue weighted by atomic mass is 16.5. The number of ether oxygens (including phenoxy) is 3. The lowest BCUT2D eigenvalue weighted by atomic mass is 10.1. The summed E-state index contributed by atoms with van der Waals surface area (Å²) in [6.45, 7) is 7.39. The first-order chi connectivity index (χ1) is 14.1. The van der Waals surface area contributed by atoms with Crippen molar-refractivity contribution in [3.8, 4) is 17.2 Å². The van der Waals surface area contributed by atoms with Crippen LogP contribution in [-0.4, -0.2) is 38.2 Å². The van der Waals surface area contributed by atoms with Crippen LogP contribution in [-0.2, 0) is 11.3 Å². The molecule has 0 aliphatic heterocycles. The largest absolute Gasteiger partial charge is 0.497 e. The van der Waals surface area contributed by atoms with Crippen LogP contribution in [0.15, 0.2) is 61.2 Å². The molecule has 0 radical (unpaired) electrons. The minimum Gasteiger partial charge on any atom is -0.497 e. The second-order valence-electron chi connectivity index (χ2n) is 6.45. The zero-order chi connectivity index (χ0) is 21.1. The van der Waals surface area contributed by atoms with Gasteiger partial charge in [0.05, 0.1) is 20.8 Å². The zero-order valence-corrected chi connectivity index (χ0v) is 17.4. The maximum absolute atomic E-state index is 12.7. The summed E-state index contributed by atoms with van der Waals surface area (Å²) in [6.07, 6.45) is 5.98. The summed E-state index contributed by atoms with van der Waals surface area (Å²) in [6, 6.07) is 13.3. The highest BCUT2D eigenvalue weighted by Crippen LogP contribution is 2.28. The lowest BCUT2D eigenvalue weighted by molar-refractivity contribution is -0.126. The standard InChI is InChI=1S/C24H29NO4/c1-5-15-25(18-20-7-11-21(27-3)12-8-20)24(26)14-10-19-9-13-22(29-16-6-2)23(17-19)28-4/h5,7-14,17H,1,6,15-16,18H2,2-4H3/b14-10+. The fourth-order valence-electron chi connectivity index (χ4n) is 2.73. The number of rotatable bonds is 11. The van der Waals surface area contributed by atoms with Gasteiger partial charge in [-0.15, -0.1) is 6.58 Å². The van der Waals surface area contributed by atoms with Crippen molar-refractivity contribution in [3.05, 3.63) is 72.3 Å². The van der Waals surface area contributed by atoms with E-state index in [-0.39, 0.29) is 5.91 Å². The van der Waals surface area contributed by atoms with Gasteiger partial charge in [-0.25, -0.2) is 0 Å². The van der Waals surface area contributed by atoms with Crippen LogP contribution in [0.1, 0.15) is 24.5 Å². The molecule has 5 nitrogen and oxygen atoms in total. The van der Waals surface area contributed by atoms with E-state index in [2.05, 4.69) is 13.5 Å². The highest BCUT2D eigenvalue weighted by Gasteiger charge is 2.10. The predicted octanol–water partition coefficient (Wildman–Crippen LogP) is 4.72. The molecule has 0 unspecified atom stereocenters. The molecular formula is C24H29NO4. The van der Waals surface area contributed by atoms with Crippen LogP contribution in [0.4, 0.5) is 0 Å². The molecule has 29 heavy (non-hydrogen) atoms. The lowest BCUT2D eigenvalue weighted by Crippen LogP contribution is -2.29. The van der Waals surface area contributed by atoms with Gasteiger partial charge in [-0.2, -0.15) is 0 Å². The van der Waals surface area contributed by atoms with Crippen molar-refractivity contribution in [3.63, 3.8) is 0 Å². The average molecular weight is 395 g/mol. The Morgan fingerprint density at radius 1 is 1.07 bits per heavy atom. The maximum Gasteiger partial charge on any atom is 0.247 e. The smallest absolute Gasteiger partial charge is 0.247 e. The number of carbonyl (C=O) groups is 1. The molecule has 2 aromatic rings. The van der Waals surface area contributed by atoms with Crippen molar-refractivity contribution >= 4 is 12.0 Å². The Labute approximate surface area is 173 Å². The summed E-state index contributed by atoms with van der Waals surface area (Å²) < 4.78 is 16.2. The van der Waals surface area contributed by atoms with Crippen LogP contribution in [0.3, 0.4) is 0 Å². The van der Waals surface area contributed by atoms with Crippen molar-refractivity contribution in [2.45, 2.75) is 19.9 Å². The second kappa shape index (κ2) is 11.6. The van der Waals surface area contributed by atoms with E-state index in [1.807, 2.05) is 42.5 Å². The van der Waals surface area contributed by atoms with E-state index in [1.54, 1.807) is 37.3 Å². The quantitative estimate of drug-likeness (QED) is 0.408. The molecule has 1 amide bonds. The summed E-state index contributed by atoms with van der Waals surface area (Å²) in [5, 5.41) is 0. The number of methoxy groups -OCH3 is 2. The van der Waals surface area contributed by atoms with Gasteiger partial charge in [0.15, 0.2) is 11.5 Å². The van der Waals surface area contributed by atoms with Gasteiger partial charge >= 0.3 is 0 Å². The number of benzene rings is 2. The minimum atomic E-state index is -0.0917. The molecule has 0 aliphatic rings. The molecule has 0 fully saturated rings. The minimum absolute atomic E-state index is 0.0917. The molecular weight excluding hydrogens is 366 g/mol. The van der Waals surface area contributed by atoms with Crippen LogP contribution in [0.5, 0.6) is 17.2 Å². The second-order valence-corrected chi connectivity index (χ2v) is 6.45. The first-order valence-corrected chi connectivity index (χ1v) is 9.62. The molecule has 0 aliphatic carbocycles. The summed E-state index contributed by atoms with van der Waals surface area (Å²) in [4.78, 5) is 14.4. The zero-order valence-electron chi connectivity index (χ0n) is 17.4. The number of hydrogen-bond donors (Lipinski definition) is 0. The molecule has 0 aromatic heterocycles. The Morgan fingerprint density at radius 3 is 2.45 bits per heavy atom. The van der Waals surface area contributed by atoms with Gasteiger partial charge in [-0.05, 0) is 47.9 Å². The lowest BCUT2D eigenvalue weighted by Gasteiger charge is -2.19. The Morgan fingerprint density at radius 2 is 1.83 bits per heavy atom. The number of carbonyl (C=O) groups excluding carboxylic acids is 1. The Kier molecular flexibility index (Phi) is 8.83. The normalized spacial score (nSPS) is 10.6. The van der Waals surface area contributed by atoms with E-state index in [0.717, 1.165) is 23.3 Å². The van der Waals surface area contributed by atoms with Crippen molar-refractivity contribution in [1.82, 2.24) is 4.90 Å². The Hall–Kier alpha value is -3.21. The fourth-order valence-corrected chi connectivity index (χ4v) is 2.73. The van der Waals surface area contributed by atoms with E-state index < -0.39 is 0 Å². The van der Waals surface area contributed by atoms with Crippen molar-refractivity contribution in [2.24, 2.45) is 0 Å². The van der Waals surface area contributed by atoms with Crippen LogP contribution in [0, 0.1) is 0 Å². The Bertz CT molecular complexity index is 827. The van der Waals surface area contributed by atoms with E-state index >= 15 is 0 Å². The van der Waals surface area contributed by atoms with Crippen LogP contribution in [0.25, 0.3) is 6.08 Å². The van der Waals surface area contributed by atoms with Crippen LogP contribution >= 0.6 is 0 Å². The molecule has 0 bridgehead atoms. The number of amides is 1. The molecule has 0 atom stereocenters. The van der Waals surface area contributed by atoms with Gasteiger partial charge in [0, 0.05) is 19.2 Å². The average Bonchev–Trinajstić information content (AvgIpc) is 2.76. The molecule has 0 N–H and O–H groups in total. The predicted molar refractivity (Wildman–Crippen MR) is 116 cm³/mol. The molecule has 0 saturated carbocycles. The van der Waals surface area contributed by atoms with E-state index in [1.165, 1.54) is 0 Å². The topological polar surface area (TPSA) is 48.0 Å². The summed E-state index contributed by atoms with van der Waals surface area (Å²) in [7, 11) is 3.23. The van der Waals surface area contributed by atoms with Gasteiger partial charge in [0.1, 0.15) is 5.75 Å². The molecule has 5 heteroatoms. The molecule has 0 saturated heterocycles. The van der Waals surface area contributed by atoms with Crippen molar-refractivity contribution in [2.75, 3.05) is 27.4 Å². The third-order valence-corrected chi connectivity index (χ3v) is 4.26. The highest BCUT2D eigenvalue weighted by molar-refractivity contribution is 5.92. The third-order valence-electron chi connectivity index (χ3n) is 4.26. The van der Waals surface area contributed by atoms with Gasteiger partial charge < -0.3 is 19.1 Å². The third kappa shape index (κ3) is 6.71. The van der Waals surface area contributed by atoms with E-state index in [9.17, 15) is 4.79 Å². The molecule has 2 rings (SSSR count).